The minimum atomic E-state index is 0.138. The fraction of sp³-hybridized carbons (Fsp3) is 0.400. The lowest BCUT2D eigenvalue weighted by molar-refractivity contribution is 0.666. The van der Waals surface area contributed by atoms with Crippen LogP contribution >= 0.6 is 0 Å². The number of nitrogens with one attached hydrogen (secondary N) is 2. The molecule has 0 amide bonds. The van der Waals surface area contributed by atoms with Gasteiger partial charge in [0.2, 0.25) is 0 Å². The molecule has 0 saturated carbocycles. The van der Waals surface area contributed by atoms with Crippen LogP contribution in [-0.2, 0) is 25.7 Å². The van der Waals surface area contributed by atoms with Crippen molar-refractivity contribution in [3.63, 3.8) is 0 Å². The van der Waals surface area contributed by atoms with Crippen LogP contribution in [0.25, 0.3) is 21.8 Å². The lowest BCUT2D eigenvalue weighted by Gasteiger charge is -2.19. The van der Waals surface area contributed by atoms with E-state index in [1.165, 1.54) is 0 Å². The number of hydrogen-bond donors (Lipinski definition) is 2. The molecule has 0 fully saturated rings. The minimum absolute atomic E-state index is 0.138. The second-order valence-corrected chi connectivity index (χ2v) is 7.15. The standard InChI is InChI=1S/C20H20N2O2/c23-19-11-5-1-3-7-15(11)21-17-13(19)9-10-14-18(17)22-16-8-4-2-6-12(16)20(14)24/h9-10H,1-8H2,(H,21,23)(H,22,24). The van der Waals surface area contributed by atoms with Gasteiger partial charge in [0, 0.05) is 33.3 Å². The lowest BCUT2D eigenvalue weighted by Crippen LogP contribution is -2.21. The molecular formula is C20H20N2O2. The fourth-order valence-corrected chi connectivity index (χ4v) is 4.46. The third kappa shape index (κ3) is 1.86. The number of aryl methyl sites for hydroxylation is 2. The minimum Gasteiger partial charge on any atom is -0.356 e. The maximum atomic E-state index is 12.9. The van der Waals surface area contributed by atoms with Crippen molar-refractivity contribution in [2.45, 2.75) is 51.4 Å². The molecule has 2 aromatic heterocycles. The molecule has 4 nitrogen and oxygen atoms in total. The van der Waals surface area contributed by atoms with Gasteiger partial charge in [0.15, 0.2) is 10.9 Å². The second-order valence-electron chi connectivity index (χ2n) is 7.15. The maximum Gasteiger partial charge on any atom is 0.192 e. The van der Waals surface area contributed by atoms with Gasteiger partial charge >= 0.3 is 0 Å². The van der Waals surface area contributed by atoms with Crippen LogP contribution in [0, 0.1) is 0 Å². The monoisotopic (exact) mass is 320 g/mol. The van der Waals surface area contributed by atoms with Crippen molar-refractivity contribution in [2.75, 3.05) is 0 Å². The molecule has 0 bridgehead atoms. The highest BCUT2D eigenvalue weighted by molar-refractivity contribution is 6.03. The summed E-state index contributed by atoms with van der Waals surface area (Å²) in [4.78, 5) is 32.7. The number of hydrogen-bond acceptors (Lipinski definition) is 2. The average molecular weight is 320 g/mol. The van der Waals surface area contributed by atoms with Crippen LogP contribution in [0.4, 0.5) is 0 Å². The summed E-state index contributed by atoms with van der Waals surface area (Å²) in [5.74, 6) is 0. The van der Waals surface area contributed by atoms with Gasteiger partial charge in [-0.25, -0.2) is 0 Å². The molecule has 0 spiro atoms. The van der Waals surface area contributed by atoms with Crippen LogP contribution in [-0.4, -0.2) is 9.97 Å². The van der Waals surface area contributed by atoms with Crippen LogP contribution in [0.1, 0.15) is 48.2 Å². The van der Waals surface area contributed by atoms with Gasteiger partial charge in [-0.05, 0) is 63.5 Å². The average Bonchev–Trinajstić information content (AvgIpc) is 2.62. The van der Waals surface area contributed by atoms with E-state index >= 15 is 0 Å². The SMILES string of the molecule is O=c1c2c([nH]c3c1ccc1c(=O)c4c([nH]c13)CCCC4)CCCC2. The van der Waals surface area contributed by atoms with Crippen LogP contribution in [0.15, 0.2) is 21.7 Å². The van der Waals surface area contributed by atoms with Crippen molar-refractivity contribution < 1.29 is 0 Å². The molecule has 1 aromatic carbocycles. The van der Waals surface area contributed by atoms with Crippen molar-refractivity contribution in [1.82, 2.24) is 9.97 Å². The molecular weight excluding hydrogens is 300 g/mol. The van der Waals surface area contributed by atoms with E-state index in [1.54, 1.807) is 0 Å². The molecule has 2 aliphatic rings. The summed E-state index contributed by atoms with van der Waals surface area (Å²) in [6, 6.07) is 3.66. The summed E-state index contributed by atoms with van der Waals surface area (Å²) in [5, 5.41) is 1.41. The number of benzene rings is 1. The van der Waals surface area contributed by atoms with Crippen molar-refractivity contribution >= 4 is 21.8 Å². The first-order valence-electron chi connectivity index (χ1n) is 8.98. The summed E-state index contributed by atoms with van der Waals surface area (Å²) >= 11 is 0. The quantitative estimate of drug-likeness (QED) is 0.625. The number of rotatable bonds is 0. The molecule has 24 heavy (non-hydrogen) atoms. The highest BCUT2D eigenvalue weighted by Crippen LogP contribution is 2.26. The first-order chi connectivity index (χ1) is 11.7. The normalized spacial score (nSPS) is 17.0. The Hall–Kier alpha value is -2.36. The molecule has 0 unspecified atom stereocenters. The summed E-state index contributed by atoms with van der Waals surface area (Å²) in [6.45, 7) is 0. The van der Waals surface area contributed by atoms with Gasteiger partial charge in [0.25, 0.3) is 0 Å². The first-order valence-corrected chi connectivity index (χ1v) is 8.98. The van der Waals surface area contributed by atoms with E-state index in [2.05, 4.69) is 9.97 Å². The summed E-state index contributed by atoms with van der Waals surface area (Å²) in [6.07, 6.45) is 7.96. The third-order valence-electron chi connectivity index (χ3n) is 5.73. The van der Waals surface area contributed by atoms with Gasteiger partial charge in [0.1, 0.15) is 0 Å². The van der Waals surface area contributed by atoms with Crippen molar-refractivity contribution in [3.05, 3.63) is 55.1 Å². The zero-order valence-corrected chi connectivity index (χ0v) is 13.6. The molecule has 122 valence electrons. The van der Waals surface area contributed by atoms with E-state index in [0.29, 0.717) is 10.8 Å². The number of pyridine rings is 2. The summed E-state index contributed by atoms with van der Waals surface area (Å²) in [7, 11) is 0. The Labute approximate surface area is 138 Å². The van der Waals surface area contributed by atoms with E-state index in [1.807, 2.05) is 12.1 Å². The summed E-state index contributed by atoms with van der Waals surface area (Å²) in [5.41, 5.74) is 5.89. The van der Waals surface area contributed by atoms with Gasteiger partial charge in [-0.2, -0.15) is 0 Å². The van der Waals surface area contributed by atoms with E-state index in [4.69, 9.17) is 0 Å². The largest absolute Gasteiger partial charge is 0.356 e. The third-order valence-corrected chi connectivity index (χ3v) is 5.73. The van der Waals surface area contributed by atoms with Gasteiger partial charge in [0.05, 0.1) is 11.0 Å². The molecule has 0 radical (unpaired) electrons. The molecule has 4 heteroatoms. The lowest BCUT2D eigenvalue weighted by atomic mass is 9.92. The van der Waals surface area contributed by atoms with Gasteiger partial charge in [-0.3, -0.25) is 9.59 Å². The number of aromatic amines is 2. The van der Waals surface area contributed by atoms with Gasteiger partial charge < -0.3 is 9.97 Å². The number of aromatic nitrogens is 2. The molecule has 0 atom stereocenters. The first kappa shape index (κ1) is 14.0. The maximum absolute atomic E-state index is 12.9. The Morgan fingerprint density at radius 1 is 0.625 bits per heavy atom. The molecule has 2 heterocycles. The number of fused-ring (bicyclic) bond motifs is 5. The van der Waals surface area contributed by atoms with Gasteiger partial charge in [-0.1, -0.05) is 0 Å². The predicted octanol–water partition coefficient (Wildman–Crippen LogP) is 3.13. The van der Waals surface area contributed by atoms with Crippen LogP contribution < -0.4 is 10.9 Å². The Kier molecular flexibility index (Phi) is 2.96. The Bertz CT molecular complexity index is 1020. The molecule has 2 N–H and O–H groups in total. The van der Waals surface area contributed by atoms with E-state index < -0.39 is 0 Å². The summed E-state index contributed by atoms with van der Waals surface area (Å²) < 4.78 is 0. The zero-order valence-electron chi connectivity index (χ0n) is 13.6. The molecule has 2 aliphatic carbocycles. The fourth-order valence-electron chi connectivity index (χ4n) is 4.46. The zero-order chi connectivity index (χ0) is 16.3. The topological polar surface area (TPSA) is 65.7 Å². The van der Waals surface area contributed by atoms with E-state index in [-0.39, 0.29) is 10.9 Å². The Morgan fingerprint density at radius 3 is 1.50 bits per heavy atom. The van der Waals surface area contributed by atoms with Crippen molar-refractivity contribution in [3.8, 4) is 0 Å². The second kappa shape index (κ2) is 5.07. The van der Waals surface area contributed by atoms with Crippen molar-refractivity contribution in [1.29, 1.82) is 0 Å². The Morgan fingerprint density at radius 2 is 1.04 bits per heavy atom. The highest BCUT2D eigenvalue weighted by atomic mass is 16.1. The molecule has 5 rings (SSSR count). The van der Waals surface area contributed by atoms with Gasteiger partial charge in [-0.15, -0.1) is 0 Å². The Balaban J connectivity index is 1.93. The number of H-pyrrole nitrogens is 2. The van der Waals surface area contributed by atoms with E-state index in [9.17, 15) is 9.59 Å². The van der Waals surface area contributed by atoms with Crippen LogP contribution in [0.5, 0.6) is 0 Å². The van der Waals surface area contributed by atoms with E-state index in [0.717, 1.165) is 84.9 Å². The molecule has 0 aliphatic heterocycles. The van der Waals surface area contributed by atoms with Crippen LogP contribution in [0.2, 0.25) is 0 Å². The predicted molar refractivity (Wildman–Crippen MR) is 96.0 cm³/mol. The highest BCUT2D eigenvalue weighted by Gasteiger charge is 2.20. The smallest absolute Gasteiger partial charge is 0.192 e. The molecule has 3 aromatic rings. The van der Waals surface area contributed by atoms with Crippen molar-refractivity contribution in [2.24, 2.45) is 0 Å². The molecule has 0 saturated heterocycles. The van der Waals surface area contributed by atoms with Crippen LogP contribution in [0.3, 0.4) is 0 Å².